The fourth-order valence-corrected chi connectivity index (χ4v) is 2.87. The van der Waals surface area contributed by atoms with E-state index in [9.17, 15) is 4.79 Å². The molecule has 2 heterocycles. The van der Waals surface area contributed by atoms with Gasteiger partial charge in [-0.1, -0.05) is 18.2 Å². The second-order valence-corrected chi connectivity index (χ2v) is 5.94. The number of para-hydroxylation sites is 1. The molecule has 0 saturated heterocycles. The molecule has 1 atom stereocenters. The molecule has 1 unspecified atom stereocenters. The fourth-order valence-electron chi connectivity index (χ4n) is 2.87. The topological polar surface area (TPSA) is 64.1 Å². The van der Waals surface area contributed by atoms with Crippen molar-refractivity contribution in [3.8, 4) is 5.75 Å². The van der Waals surface area contributed by atoms with Crippen molar-refractivity contribution in [2.75, 3.05) is 6.61 Å². The summed E-state index contributed by atoms with van der Waals surface area (Å²) in [7, 11) is 0. The molecule has 0 saturated carbocycles. The van der Waals surface area contributed by atoms with Crippen molar-refractivity contribution in [2.45, 2.75) is 39.2 Å². The smallest absolute Gasteiger partial charge is 0.220 e. The lowest BCUT2D eigenvalue weighted by atomic mass is 10.00. The minimum Gasteiger partial charge on any atom is -0.491 e. The number of rotatable bonds is 4. The van der Waals surface area contributed by atoms with E-state index in [1.54, 1.807) is 6.20 Å². The SMILES string of the molecule is Cc1nccc(CCC(=O)NC2COc3c(C)cccc3C2)n1. The van der Waals surface area contributed by atoms with Gasteiger partial charge >= 0.3 is 0 Å². The summed E-state index contributed by atoms with van der Waals surface area (Å²) in [4.78, 5) is 20.5. The Labute approximate surface area is 136 Å². The zero-order valence-corrected chi connectivity index (χ0v) is 13.5. The predicted molar refractivity (Wildman–Crippen MR) is 87.4 cm³/mol. The van der Waals surface area contributed by atoms with Gasteiger partial charge in [-0.15, -0.1) is 0 Å². The lowest BCUT2D eigenvalue weighted by Crippen LogP contribution is -2.42. The Morgan fingerprint density at radius 2 is 2.22 bits per heavy atom. The van der Waals surface area contributed by atoms with E-state index in [-0.39, 0.29) is 11.9 Å². The van der Waals surface area contributed by atoms with Crippen LogP contribution in [0.15, 0.2) is 30.5 Å². The van der Waals surface area contributed by atoms with Crippen molar-refractivity contribution < 1.29 is 9.53 Å². The first-order valence-electron chi connectivity index (χ1n) is 7.91. The molecule has 1 aromatic carbocycles. The maximum Gasteiger partial charge on any atom is 0.220 e. The van der Waals surface area contributed by atoms with Gasteiger partial charge in [0.2, 0.25) is 5.91 Å². The van der Waals surface area contributed by atoms with Crippen LogP contribution >= 0.6 is 0 Å². The molecule has 0 radical (unpaired) electrons. The molecular formula is C18H21N3O2. The maximum absolute atomic E-state index is 12.1. The zero-order chi connectivity index (χ0) is 16.2. The monoisotopic (exact) mass is 311 g/mol. The van der Waals surface area contributed by atoms with Crippen LogP contribution in [0.4, 0.5) is 0 Å². The van der Waals surface area contributed by atoms with E-state index < -0.39 is 0 Å². The average molecular weight is 311 g/mol. The number of amides is 1. The Morgan fingerprint density at radius 1 is 1.35 bits per heavy atom. The van der Waals surface area contributed by atoms with Crippen LogP contribution in [0.25, 0.3) is 0 Å². The number of nitrogens with one attached hydrogen (secondary N) is 1. The molecule has 1 aliphatic heterocycles. The highest BCUT2D eigenvalue weighted by molar-refractivity contribution is 5.76. The molecule has 1 aliphatic rings. The largest absolute Gasteiger partial charge is 0.491 e. The molecule has 0 fully saturated rings. The lowest BCUT2D eigenvalue weighted by molar-refractivity contribution is -0.122. The van der Waals surface area contributed by atoms with Crippen molar-refractivity contribution in [3.63, 3.8) is 0 Å². The second-order valence-electron chi connectivity index (χ2n) is 5.94. The van der Waals surface area contributed by atoms with Gasteiger partial charge in [0.1, 0.15) is 18.2 Å². The highest BCUT2D eigenvalue weighted by Crippen LogP contribution is 2.28. The molecular weight excluding hydrogens is 290 g/mol. The highest BCUT2D eigenvalue weighted by Gasteiger charge is 2.22. The van der Waals surface area contributed by atoms with Gasteiger partial charge in [-0.25, -0.2) is 9.97 Å². The quantitative estimate of drug-likeness (QED) is 0.939. The molecule has 5 heteroatoms. The number of ether oxygens (including phenoxy) is 1. The molecule has 0 bridgehead atoms. The normalized spacial score (nSPS) is 16.3. The van der Waals surface area contributed by atoms with Gasteiger partial charge in [-0.2, -0.15) is 0 Å². The van der Waals surface area contributed by atoms with E-state index in [0.29, 0.717) is 19.4 Å². The molecule has 5 nitrogen and oxygen atoms in total. The molecule has 3 rings (SSSR count). The molecule has 1 N–H and O–H groups in total. The molecule has 1 aromatic heterocycles. The third-order valence-corrected chi connectivity index (χ3v) is 4.00. The van der Waals surface area contributed by atoms with E-state index in [0.717, 1.165) is 34.8 Å². The van der Waals surface area contributed by atoms with Crippen LogP contribution in [0.1, 0.15) is 29.1 Å². The molecule has 1 amide bonds. The van der Waals surface area contributed by atoms with Crippen LogP contribution in [0, 0.1) is 13.8 Å². The summed E-state index contributed by atoms with van der Waals surface area (Å²) in [6, 6.07) is 8.01. The van der Waals surface area contributed by atoms with Gasteiger partial charge in [-0.3, -0.25) is 4.79 Å². The number of aryl methyl sites for hydroxylation is 3. The summed E-state index contributed by atoms with van der Waals surface area (Å²) in [6.45, 7) is 4.42. The summed E-state index contributed by atoms with van der Waals surface area (Å²) < 4.78 is 5.81. The van der Waals surface area contributed by atoms with Gasteiger partial charge < -0.3 is 10.1 Å². The standard InChI is InChI=1S/C18H21N3O2/c1-12-4-3-5-14-10-16(11-23-18(12)14)21-17(22)7-6-15-8-9-19-13(2)20-15/h3-5,8-9,16H,6-7,10-11H2,1-2H3,(H,21,22). The first-order valence-corrected chi connectivity index (χ1v) is 7.91. The Balaban J connectivity index is 1.53. The van der Waals surface area contributed by atoms with Crippen molar-refractivity contribution in [2.24, 2.45) is 0 Å². The number of nitrogens with zero attached hydrogens (tertiary/aromatic N) is 2. The van der Waals surface area contributed by atoms with Gasteiger partial charge in [0.25, 0.3) is 0 Å². The van der Waals surface area contributed by atoms with E-state index >= 15 is 0 Å². The van der Waals surface area contributed by atoms with Crippen LogP contribution < -0.4 is 10.1 Å². The van der Waals surface area contributed by atoms with Crippen LogP contribution in [0.3, 0.4) is 0 Å². The summed E-state index contributed by atoms with van der Waals surface area (Å²) in [6.07, 6.45) is 3.59. The summed E-state index contributed by atoms with van der Waals surface area (Å²) in [5, 5.41) is 3.06. The Kier molecular flexibility index (Phi) is 4.55. The molecule has 0 spiro atoms. The molecule has 23 heavy (non-hydrogen) atoms. The number of fused-ring (bicyclic) bond motifs is 1. The van der Waals surface area contributed by atoms with Crippen LogP contribution in [-0.4, -0.2) is 28.5 Å². The summed E-state index contributed by atoms with van der Waals surface area (Å²) >= 11 is 0. The summed E-state index contributed by atoms with van der Waals surface area (Å²) in [5.41, 5.74) is 3.20. The Hall–Kier alpha value is -2.43. The van der Waals surface area contributed by atoms with Gasteiger partial charge in [0.15, 0.2) is 0 Å². The number of carbonyl (C=O) groups excluding carboxylic acids is 1. The number of hydrogen-bond acceptors (Lipinski definition) is 4. The van der Waals surface area contributed by atoms with E-state index in [1.165, 1.54) is 0 Å². The van der Waals surface area contributed by atoms with Gasteiger partial charge in [0.05, 0.1) is 6.04 Å². The second kappa shape index (κ2) is 6.77. The van der Waals surface area contributed by atoms with Crippen LogP contribution in [0.5, 0.6) is 5.75 Å². The summed E-state index contributed by atoms with van der Waals surface area (Å²) in [5.74, 6) is 1.73. The molecule has 2 aromatic rings. The molecule has 120 valence electrons. The predicted octanol–water partition coefficient (Wildman–Crippen LogP) is 2.15. The van der Waals surface area contributed by atoms with Gasteiger partial charge in [-0.05, 0) is 43.9 Å². The number of carbonyl (C=O) groups is 1. The Bertz CT molecular complexity index is 715. The zero-order valence-electron chi connectivity index (χ0n) is 13.5. The first-order chi connectivity index (χ1) is 11.1. The average Bonchev–Trinajstić information content (AvgIpc) is 2.53. The first kappa shape index (κ1) is 15.5. The molecule has 0 aliphatic carbocycles. The minimum atomic E-state index is 0.0314. The van der Waals surface area contributed by atoms with E-state index in [4.69, 9.17) is 4.74 Å². The van der Waals surface area contributed by atoms with Crippen LogP contribution in [0.2, 0.25) is 0 Å². The van der Waals surface area contributed by atoms with Crippen molar-refractivity contribution in [1.29, 1.82) is 0 Å². The number of hydrogen-bond donors (Lipinski definition) is 1. The third kappa shape index (κ3) is 3.86. The van der Waals surface area contributed by atoms with Crippen molar-refractivity contribution in [3.05, 3.63) is 53.1 Å². The lowest BCUT2D eigenvalue weighted by Gasteiger charge is -2.27. The van der Waals surface area contributed by atoms with E-state index in [2.05, 4.69) is 21.4 Å². The number of aromatic nitrogens is 2. The maximum atomic E-state index is 12.1. The number of benzene rings is 1. The Morgan fingerprint density at radius 3 is 3.04 bits per heavy atom. The minimum absolute atomic E-state index is 0.0314. The van der Waals surface area contributed by atoms with Gasteiger partial charge in [0, 0.05) is 18.3 Å². The third-order valence-electron chi connectivity index (χ3n) is 4.00. The van der Waals surface area contributed by atoms with Crippen molar-refractivity contribution in [1.82, 2.24) is 15.3 Å². The fraction of sp³-hybridized carbons (Fsp3) is 0.389. The van der Waals surface area contributed by atoms with Crippen LogP contribution in [-0.2, 0) is 17.6 Å². The van der Waals surface area contributed by atoms with Crippen molar-refractivity contribution >= 4 is 5.91 Å². The highest BCUT2D eigenvalue weighted by atomic mass is 16.5. The van der Waals surface area contributed by atoms with E-state index in [1.807, 2.05) is 32.0 Å².